The molecule has 0 aliphatic carbocycles. The van der Waals surface area contributed by atoms with Gasteiger partial charge in [0.15, 0.2) is 0 Å². The lowest BCUT2D eigenvalue weighted by atomic mass is 10.1. The summed E-state index contributed by atoms with van der Waals surface area (Å²) >= 11 is 0. The molecule has 0 saturated carbocycles. The Balaban J connectivity index is 1.50. The highest BCUT2D eigenvalue weighted by molar-refractivity contribution is 7.89. The van der Waals surface area contributed by atoms with Gasteiger partial charge >= 0.3 is 0 Å². The predicted molar refractivity (Wildman–Crippen MR) is 139 cm³/mol. The number of amides is 1. The van der Waals surface area contributed by atoms with E-state index in [2.05, 4.69) is 5.32 Å². The highest BCUT2D eigenvalue weighted by atomic mass is 32.2. The molecule has 2 aromatic rings. The molecule has 1 N–H and O–H groups in total. The molecule has 2 saturated heterocycles. The van der Waals surface area contributed by atoms with E-state index in [4.69, 9.17) is 9.47 Å². The number of hydrogen-bond acceptors (Lipinski definition) is 7. The average molecular weight is 552 g/mol. The molecule has 0 radical (unpaired) electrons. The zero-order chi connectivity index (χ0) is 26.6. The Morgan fingerprint density at radius 1 is 0.784 bits per heavy atom. The Morgan fingerprint density at radius 3 is 1.78 bits per heavy atom. The van der Waals surface area contributed by atoms with Gasteiger partial charge in [-0.05, 0) is 74.1 Å². The summed E-state index contributed by atoms with van der Waals surface area (Å²) in [6.45, 7) is 1.95. The normalized spacial score (nSPS) is 17.1. The van der Waals surface area contributed by atoms with E-state index in [9.17, 15) is 21.6 Å². The van der Waals surface area contributed by atoms with Crippen LogP contribution in [0.3, 0.4) is 0 Å². The van der Waals surface area contributed by atoms with E-state index < -0.39 is 20.0 Å². The van der Waals surface area contributed by atoms with Crippen LogP contribution in [0.15, 0.2) is 46.2 Å². The monoisotopic (exact) mass is 551 g/mol. The molecule has 202 valence electrons. The minimum Gasteiger partial charge on any atom is -0.496 e. The first kappa shape index (κ1) is 27.4. The standard InChI is InChI=1S/C25H33N3O7S2/c1-34-23-10-8-20(36(30,31)27-13-3-4-14-27)17-19(23)7-12-25(29)26-22-18-21(9-11-24(22)35-2)37(32,33)28-15-5-6-16-28/h8-11,17-18H,3-7,12-16H2,1-2H3,(H,26,29). The van der Waals surface area contributed by atoms with Gasteiger partial charge in [-0.25, -0.2) is 16.8 Å². The second-order valence-corrected chi connectivity index (χ2v) is 13.0. The van der Waals surface area contributed by atoms with Gasteiger partial charge < -0.3 is 14.8 Å². The largest absolute Gasteiger partial charge is 0.496 e. The summed E-state index contributed by atoms with van der Waals surface area (Å²) in [5, 5.41) is 2.75. The van der Waals surface area contributed by atoms with E-state index in [1.54, 1.807) is 12.1 Å². The summed E-state index contributed by atoms with van der Waals surface area (Å²) in [7, 11) is -4.34. The lowest BCUT2D eigenvalue weighted by Gasteiger charge is -2.18. The van der Waals surface area contributed by atoms with E-state index in [1.165, 1.54) is 47.1 Å². The molecule has 10 nitrogen and oxygen atoms in total. The van der Waals surface area contributed by atoms with Gasteiger partial charge in [-0.3, -0.25) is 4.79 Å². The fraction of sp³-hybridized carbons (Fsp3) is 0.480. The van der Waals surface area contributed by atoms with Crippen LogP contribution in [0.4, 0.5) is 5.69 Å². The Hall–Kier alpha value is -2.67. The smallest absolute Gasteiger partial charge is 0.243 e. The zero-order valence-corrected chi connectivity index (χ0v) is 22.7. The molecule has 2 fully saturated rings. The first-order valence-electron chi connectivity index (χ1n) is 12.3. The Kier molecular flexibility index (Phi) is 8.42. The van der Waals surface area contributed by atoms with Crippen molar-refractivity contribution in [3.05, 3.63) is 42.0 Å². The fourth-order valence-corrected chi connectivity index (χ4v) is 7.78. The van der Waals surface area contributed by atoms with Crippen LogP contribution < -0.4 is 14.8 Å². The summed E-state index contributed by atoms with van der Waals surface area (Å²) in [6, 6.07) is 9.09. The molecule has 37 heavy (non-hydrogen) atoms. The van der Waals surface area contributed by atoms with E-state index in [-0.39, 0.29) is 34.2 Å². The SMILES string of the molecule is COc1ccc(S(=O)(=O)N2CCCC2)cc1CCC(=O)Nc1cc(S(=O)(=O)N2CCCC2)ccc1OC. The molecule has 4 rings (SSSR count). The number of hydrogen-bond donors (Lipinski definition) is 1. The molecule has 0 bridgehead atoms. The lowest BCUT2D eigenvalue weighted by Crippen LogP contribution is -2.28. The molecule has 2 aromatic carbocycles. The molecule has 2 aliphatic heterocycles. The van der Waals surface area contributed by atoms with Crippen LogP contribution in [-0.4, -0.2) is 71.8 Å². The van der Waals surface area contributed by atoms with E-state index in [0.29, 0.717) is 43.2 Å². The van der Waals surface area contributed by atoms with Gasteiger partial charge in [-0.1, -0.05) is 0 Å². The number of rotatable bonds is 10. The third-order valence-electron chi connectivity index (χ3n) is 6.72. The quantitative estimate of drug-likeness (QED) is 0.482. The average Bonchev–Trinajstić information content (AvgIpc) is 3.63. The van der Waals surface area contributed by atoms with E-state index >= 15 is 0 Å². The second-order valence-electron chi connectivity index (χ2n) is 9.11. The topological polar surface area (TPSA) is 122 Å². The first-order valence-corrected chi connectivity index (χ1v) is 15.2. The van der Waals surface area contributed by atoms with E-state index in [0.717, 1.165) is 25.7 Å². The van der Waals surface area contributed by atoms with Crippen molar-refractivity contribution >= 4 is 31.6 Å². The third kappa shape index (κ3) is 5.92. The van der Waals surface area contributed by atoms with Gasteiger partial charge in [-0.2, -0.15) is 8.61 Å². The van der Waals surface area contributed by atoms with Crippen molar-refractivity contribution in [2.24, 2.45) is 0 Å². The molecule has 2 heterocycles. The van der Waals surface area contributed by atoms with Gasteiger partial charge in [0.25, 0.3) is 0 Å². The number of carbonyl (C=O) groups excluding carboxylic acids is 1. The summed E-state index contributed by atoms with van der Waals surface area (Å²) in [5.41, 5.74) is 0.848. The highest BCUT2D eigenvalue weighted by Gasteiger charge is 2.29. The van der Waals surface area contributed by atoms with Crippen molar-refractivity contribution < 1.29 is 31.1 Å². The van der Waals surface area contributed by atoms with Gasteiger partial charge in [0.05, 0.1) is 29.7 Å². The maximum atomic E-state index is 13.0. The number of ether oxygens (including phenoxy) is 2. The number of aryl methyl sites for hydroxylation is 1. The highest BCUT2D eigenvalue weighted by Crippen LogP contribution is 2.31. The summed E-state index contributed by atoms with van der Waals surface area (Å²) in [4.78, 5) is 13.1. The van der Waals surface area contributed by atoms with Crippen LogP contribution >= 0.6 is 0 Å². The van der Waals surface area contributed by atoms with Crippen LogP contribution in [0.2, 0.25) is 0 Å². The number of sulfonamides is 2. The van der Waals surface area contributed by atoms with Crippen LogP contribution in [0, 0.1) is 0 Å². The van der Waals surface area contributed by atoms with Crippen molar-refractivity contribution in [1.29, 1.82) is 0 Å². The van der Waals surface area contributed by atoms with Crippen molar-refractivity contribution in [2.75, 3.05) is 45.7 Å². The molecular weight excluding hydrogens is 518 g/mol. The van der Waals surface area contributed by atoms with E-state index in [1.807, 2.05) is 0 Å². The summed E-state index contributed by atoms with van der Waals surface area (Å²) < 4.78 is 65.5. The molecule has 0 aromatic heterocycles. The van der Waals surface area contributed by atoms with Crippen LogP contribution in [0.5, 0.6) is 11.5 Å². The summed E-state index contributed by atoms with van der Waals surface area (Å²) in [6.07, 6.45) is 3.58. The van der Waals surface area contributed by atoms with Gasteiger partial charge in [0.1, 0.15) is 11.5 Å². The molecular formula is C25H33N3O7S2. The van der Waals surface area contributed by atoms with Crippen LogP contribution in [0.1, 0.15) is 37.7 Å². The minimum atomic E-state index is -3.66. The molecule has 2 aliphatic rings. The fourth-order valence-electron chi connectivity index (χ4n) is 4.67. The Morgan fingerprint density at radius 2 is 1.27 bits per heavy atom. The maximum Gasteiger partial charge on any atom is 0.243 e. The number of methoxy groups -OCH3 is 2. The number of carbonyl (C=O) groups is 1. The number of nitrogens with one attached hydrogen (secondary N) is 1. The molecule has 0 unspecified atom stereocenters. The van der Waals surface area contributed by atoms with Crippen LogP contribution in [-0.2, 0) is 31.3 Å². The number of benzene rings is 2. The minimum absolute atomic E-state index is 0.0236. The van der Waals surface area contributed by atoms with Crippen molar-refractivity contribution in [2.45, 2.75) is 48.3 Å². The molecule has 1 amide bonds. The number of nitrogens with zero attached hydrogens (tertiary/aromatic N) is 2. The zero-order valence-electron chi connectivity index (χ0n) is 21.1. The second kappa shape index (κ2) is 11.4. The van der Waals surface area contributed by atoms with Crippen LogP contribution in [0.25, 0.3) is 0 Å². The van der Waals surface area contributed by atoms with Crippen molar-refractivity contribution in [1.82, 2.24) is 8.61 Å². The molecule has 0 spiro atoms. The molecule has 12 heteroatoms. The Bertz CT molecular complexity index is 1350. The number of anilines is 1. The van der Waals surface area contributed by atoms with Gasteiger partial charge in [0, 0.05) is 32.6 Å². The first-order chi connectivity index (χ1) is 17.7. The predicted octanol–water partition coefficient (Wildman–Crippen LogP) is 2.84. The maximum absolute atomic E-state index is 13.0. The van der Waals surface area contributed by atoms with Gasteiger partial charge in [-0.15, -0.1) is 0 Å². The van der Waals surface area contributed by atoms with Gasteiger partial charge in [0.2, 0.25) is 26.0 Å². The molecule has 0 atom stereocenters. The summed E-state index contributed by atoms with van der Waals surface area (Å²) in [5.74, 6) is 0.457. The third-order valence-corrected chi connectivity index (χ3v) is 10.5. The van der Waals surface area contributed by atoms with Crippen molar-refractivity contribution in [3.8, 4) is 11.5 Å². The Labute approximate surface area is 218 Å². The lowest BCUT2D eigenvalue weighted by molar-refractivity contribution is -0.116. The van der Waals surface area contributed by atoms with Crippen molar-refractivity contribution in [3.63, 3.8) is 0 Å².